The van der Waals surface area contributed by atoms with Crippen LogP contribution in [-0.4, -0.2) is 30.8 Å². The van der Waals surface area contributed by atoms with Crippen molar-refractivity contribution in [3.05, 3.63) is 69.8 Å². The molecule has 0 heterocycles. The lowest BCUT2D eigenvalue weighted by molar-refractivity contribution is -0.384. The molecule has 0 bridgehead atoms. The van der Waals surface area contributed by atoms with Crippen LogP contribution in [0, 0.1) is 16.0 Å². The van der Waals surface area contributed by atoms with Crippen LogP contribution in [-0.2, 0) is 16.0 Å². The molecule has 1 N–H and O–H groups in total. The Morgan fingerprint density at radius 1 is 1.10 bits per heavy atom. The van der Waals surface area contributed by atoms with Crippen molar-refractivity contribution >= 4 is 11.7 Å². The second kappa shape index (κ2) is 11.2. The molecule has 0 fully saturated rings. The zero-order valence-electron chi connectivity index (χ0n) is 17.1. The van der Waals surface area contributed by atoms with Crippen molar-refractivity contribution in [2.24, 2.45) is 5.92 Å². The molecule has 1 atom stereocenters. The van der Waals surface area contributed by atoms with Gasteiger partial charge in [-0.15, -0.1) is 0 Å². The number of ether oxygens (including phenoxy) is 2. The Labute approximate surface area is 171 Å². The Bertz CT molecular complexity index is 788. The van der Waals surface area contributed by atoms with Gasteiger partial charge in [-0.2, -0.15) is 0 Å². The standard InChI is InChI=1S/C22H28N2O5/c1-4-28-22(25)21(13-17-5-9-19(10-6-17)24(26)27)18-7-11-20(12-8-18)29-15-23-14-16(2)3/h5-12,16,21,23H,4,13-15H2,1-3H3. The first-order valence-corrected chi connectivity index (χ1v) is 9.74. The topological polar surface area (TPSA) is 90.7 Å². The molecule has 0 saturated carbocycles. The maximum Gasteiger partial charge on any atom is 0.313 e. The number of non-ortho nitro benzene ring substituents is 1. The van der Waals surface area contributed by atoms with Crippen molar-refractivity contribution in [3.63, 3.8) is 0 Å². The average molecular weight is 400 g/mol. The maximum absolute atomic E-state index is 12.5. The van der Waals surface area contributed by atoms with E-state index in [0.29, 0.717) is 24.8 Å². The molecule has 7 heteroatoms. The normalized spacial score (nSPS) is 11.9. The first-order valence-electron chi connectivity index (χ1n) is 9.74. The Morgan fingerprint density at radius 2 is 1.76 bits per heavy atom. The Hall–Kier alpha value is -2.93. The van der Waals surface area contributed by atoms with Crippen molar-refractivity contribution in [2.75, 3.05) is 19.9 Å². The third-order valence-electron chi connectivity index (χ3n) is 4.33. The van der Waals surface area contributed by atoms with Gasteiger partial charge in [0.2, 0.25) is 0 Å². The van der Waals surface area contributed by atoms with Crippen LogP contribution in [0.5, 0.6) is 5.75 Å². The average Bonchev–Trinajstić information content (AvgIpc) is 2.70. The molecule has 0 spiro atoms. The Kier molecular flexibility index (Phi) is 8.61. The summed E-state index contributed by atoms with van der Waals surface area (Å²) in [5.74, 6) is 0.441. The third kappa shape index (κ3) is 7.19. The first-order chi connectivity index (χ1) is 13.9. The van der Waals surface area contributed by atoms with Crippen LogP contribution in [0.2, 0.25) is 0 Å². The van der Waals surface area contributed by atoms with Gasteiger partial charge in [-0.3, -0.25) is 20.2 Å². The van der Waals surface area contributed by atoms with Crippen LogP contribution >= 0.6 is 0 Å². The molecule has 1 unspecified atom stereocenters. The number of nitro benzene ring substituents is 1. The van der Waals surface area contributed by atoms with E-state index >= 15 is 0 Å². The molecule has 156 valence electrons. The molecule has 0 radical (unpaired) electrons. The Balaban J connectivity index is 2.08. The largest absolute Gasteiger partial charge is 0.478 e. The molecule has 29 heavy (non-hydrogen) atoms. The number of rotatable bonds is 11. The van der Waals surface area contributed by atoms with Crippen molar-refractivity contribution < 1.29 is 19.2 Å². The molecule has 0 amide bonds. The summed E-state index contributed by atoms with van der Waals surface area (Å²) in [7, 11) is 0. The highest BCUT2D eigenvalue weighted by molar-refractivity contribution is 5.78. The van der Waals surface area contributed by atoms with Gasteiger partial charge < -0.3 is 9.47 Å². The van der Waals surface area contributed by atoms with Crippen LogP contribution in [0.1, 0.15) is 37.8 Å². The molecule has 0 aromatic heterocycles. The second-order valence-electron chi connectivity index (χ2n) is 7.14. The summed E-state index contributed by atoms with van der Waals surface area (Å²) in [4.78, 5) is 22.9. The molecule has 2 aromatic carbocycles. The van der Waals surface area contributed by atoms with Gasteiger partial charge in [0, 0.05) is 18.7 Å². The van der Waals surface area contributed by atoms with E-state index in [1.165, 1.54) is 12.1 Å². The number of hydrogen-bond donors (Lipinski definition) is 1. The van der Waals surface area contributed by atoms with Crippen LogP contribution < -0.4 is 10.1 Å². The first kappa shape index (κ1) is 22.4. The van der Waals surface area contributed by atoms with Crippen LogP contribution in [0.15, 0.2) is 48.5 Å². The molecule has 2 rings (SSSR count). The number of esters is 1. The summed E-state index contributed by atoms with van der Waals surface area (Å²) in [6.45, 7) is 7.60. The smallest absolute Gasteiger partial charge is 0.313 e. The van der Waals surface area contributed by atoms with E-state index < -0.39 is 10.8 Å². The lowest BCUT2D eigenvalue weighted by Gasteiger charge is -2.17. The fourth-order valence-electron chi connectivity index (χ4n) is 2.85. The number of hydrogen-bond acceptors (Lipinski definition) is 6. The van der Waals surface area contributed by atoms with E-state index in [1.807, 2.05) is 24.3 Å². The summed E-state index contributed by atoms with van der Waals surface area (Å²) in [5, 5.41) is 14.0. The zero-order valence-corrected chi connectivity index (χ0v) is 17.1. The minimum atomic E-state index is -0.496. The molecule has 0 saturated heterocycles. The highest BCUT2D eigenvalue weighted by Gasteiger charge is 2.23. The van der Waals surface area contributed by atoms with Crippen LogP contribution in [0.4, 0.5) is 5.69 Å². The van der Waals surface area contributed by atoms with Gasteiger partial charge in [0.1, 0.15) is 12.5 Å². The van der Waals surface area contributed by atoms with Crippen molar-refractivity contribution in [2.45, 2.75) is 33.1 Å². The molecule has 0 aliphatic rings. The maximum atomic E-state index is 12.5. The monoisotopic (exact) mass is 400 g/mol. The van der Waals surface area contributed by atoms with E-state index in [9.17, 15) is 14.9 Å². The Morgan fingerprint density at radius 3 is 2.31 bits per heavy atom. The van der Waals surface area contributed by atoms with Crippen molar-refractivity contribution in [3.8, 4) is 5.75 Å². The van der Waals surface area contributed by atoms with E-state index in [-0.39, 0.29) is 18.3 Å². The number of nitrogens with zero attached hydrogens (tertiary/aromatic N) is 1. The molecule has 7 nitrogen and oxygen atoms in total. The van der Waals surface area contributed by atoms with Gasteiger partial charge in [0.25, 0.3) is 5.69 Å². The van der Waals surface area contributed by atoms with Gasteiger partial charge in [-0.05, 0) is 42.5 Å². The van der Waals surface area contributed by atoms with E-state index in [0.717, 1.165) is 17.7 Å². The molecule has 0 aliphatic heterocycles. The predicted octanol–water partition coefficient (Wildman–Crippen LogP) is 4.07. The van der Waals surface area contributed by atoms with Gasteiger partial charge >= 0.3 is 5.97 Å². The zero-order chi connectivity index (χ0) is 21.2. The highest BCUT2D eigenvalue weighted by atomic mass is 16.6. The minimum absolute atomic E-state index is 0.0222. The van der Waals surface area contributed by atoms with E-state index in [4.69, 9.17) is 9.47 Å². The lowest BCUT2D eigenvalue weighted by atomic mass is 9.92. The van der Waals surface area contributed by atoms with Crippen molar-refractivity contribution in [1.82, 2.24) is 5.32 Å². The summed E-state index contributed by atoms with van der Waals surface area (Å²) in [6, 6.07) is 13.6. The van der Waals surface area contributed by atoms with Crippen LogP contribution in [0.25, 0.3) is 0 Å². The minimum Gasteiger partial charge on any atom is -0.478 e. The van der Waals surface area contributed by atoms with Gasteiger partial charge in [-0.25, -0.2) is 0 Å². The molecule has 2 aromatic rings. The van der Waals surface area contributed by atoms with Crippen LogP contribution in [0.3, 0.4) is 0 Å². The summed E-state index contributed by atoms with van der Waals surface area (Å²) in [5.41, 5.74) is 1.66. The fourth-order valence-corrected chi connectivity index (χ4v) is 2.85. The number of nitro groups is 1. The van der Waals surface area contributed by atoms with E-state index in [2.05, 4.69) is 19.2 Å². The number of nitrogens with one attached hydrogen (secondary N) is 1. The summed E-state index contributed by atoms with van der Waals surface area (Å²) < 4.78 is 10.9. The lowest BCUT2D eigenvalue weighted by Crippen LogP contribution is -2.24. The van der Waals surface area contributed by atoms with Crippen molar-refractivity contribution in [1.29, 1.82) is 0 Å². The van der Waals surface area contributed by atoms with Gasteiger partial charge in [0.15, 0.2) is 0 Å². The molecular formula is C22H28N2O5. The van der Waals surface area contributed by atoms with E-state index in [1.54, 1.807) is 19.1 Å². The number of carbonyl (C=O) groups excluding carboxylic acids is 1. The summed E-state index contributed by atoms with van der Waals surface area (Å²) in [6.07, 6.45) is 0.396. The SMILES string of the molecule is CCOC(=O)C(Cc1ccc([N+](=O)[O-])cc1)c1ccc(OCNCC(C)C)cc1. The number of benzene rings is 2. The molecular weight excluding hydrogens is 372 g/mol. The summed E-state index contributed by atoms with van der Waals surface area (Å²) >= 11 is 0. The predicted molar refractivity (Wildman–Crippen MR) is 111 cm³/mol. The highest BCUT2D eigenvalue weighted by Crippen LogP contribution is 2.26. The quantitative estimate of drug-likeness (QED) is 0.201. The van der Waals surface area contributed by atoms with Gasteiger partial charge in [-0.1, -0.05) is 38.1 Å². The fraction of sp³-hybridized carbons (Fsp3) is 0.409. The van der Waals surface area contributed by atoms with Gasteiger partial charge in [0.05, 0.1) is 17.4 Å². The number of carbonyl (C=O) groups is 1. The third-order valence-corrected chi connectivity index (χ3v) is 4.33. The molecule has 0 aliphatic carbocycles. The second-order valence-corrected chi connectivity index (χ2v) is 7.14.